The molecule has 0 spiro atoms. The van der Waals surface area contributed by atoms with Gasteiger partial charge in [0.1, 0.15) is 0 Å². The molecule has 0 aromatic carbocycles. The van der Waals surface area contributed by atoms with E-state index in [2.05, 4.69) is 17.3 Å². The topological polar surface area (TPSA) is 29.9 Å². The molecule has 0 bridgehead atoms. The quantitative estimate of drug-likeness (QED) is 0.780. The molecule has 1 aromatic heterocycles. The van der Waals surface area contributed by atoms with Crippen molar-refractivity contribution in [2.75, 3.05) is 13.6 Å². The van der Waals surface area contributed by atoms with Crippen LogP contribution in [0, 0.1) is 6.92 Å². The Bertz CT molecular complexity index is 257. The lowest BCUT2D eigenvalue weighted by Gasteiger charge is -2.13. The molecular formula is C8H14ClN3. The Morgan fingerprint density at radius 2 is 2.42 bits per heavy atom. The van der Waals surface area contributed by atoms with E-state index in [-0.39, 0.29) is 0 Å². The number of nitrogens with one attached hydrogen (secondary N) is 1. The Hall–Kier alpha value is -0.540. The summed E-state index contributed by atoms with van der Waals surface area (Å²) >= 11 is 5.87. The Morgan fingerprint density at radius 1 is 1.75 bits per heavy atom. The number of rotatable bonds is 3. The molecule has 1 N–H and O–H groups in total. The van der Waals surface area contributed by atoms with E-state index in [0.29, 0.717) is 6.04 Å². The minimum absolute atomic E-state index is 0.350. The molecule has 0 saturated heterocycles. The van der Waals surface area contributed by atoms with E-state index in [4.69, 9.17) is 11.6 Å². The van der Waals surface area contributed by atoms with Crippen LogP contribution >= 0.6 is 11.6 Å². The van der Waals surface area contributed by atoms with Gasteiger partial charge in [0.25, 0.3) is 0 Å². The van der Waals surface area contributed by atoms with Gasteiger partial charge < -0.3 is 5.32 Å². The maximum Gasteiger partial charge on any atom is 0.0815 e. The van der Waals surface area contributed by atoms with E-state index in [0.717, 1.165) is 17.3 Å². The summed E-state index contributed by atoms with van der Waals surface area (Å²) in [7, 11) is 1.93. The normalized spacial score (nSPS) is 13.3. The van der Waals surface area contributed by atoms with E-state index in [9.17, 15) is 0 Å². The van der Waals surface area contributed by atoms with Gasteiger partial charge in [0.2, 0.25) is 0 Å². The van der Waals surface area contributed by atoms with Gasteiger partial charge in [-0.2, -0.15) is 5.10 Å². The minimum atomic E-state index is 0.350. The summed E-state index contributed by atoms with van der Waals surface area (Å²) in [6.45, 7) is 4.98. The maximum absolute atomic E-state index is 5.87. The molecule has 1 unspecified atom stereocenters. The van der Waals surface area contributed by atoms with Gasteiger partial charge >= 0.3 is 0 Å². The monoisotopic (exact) mass is 187 g/mol. The predicted molar refractivity (Wildman–Crippen MR) is 50.6 cm³/mol. The van der Waals surface area contributed by atoms with Crippen LogP contribution in [-0.2, 0) is 0 Å². The summed E-state index contributed by atoms with van der Waals surface area (Å²) in [6, 6.07) is 0.350. The van der Waals surface area contributed by atoms with Crippen LogP contribution in [-0.4, -0.2) is 23.4 Å². The van der Waals surface area contributed by atoms with Gasteiger partial charge in [0.15, 0.2) is 0 Å². The molecule has 1 rings (SSSR count). The Kier molecular flexibility index (Phi) is 3.12. The average molecular weight is 188 g/mol. The van der Waals surface area contributed by atoms with Gasteiger partial charge in [0.05, 0.1) is 23.0 Å². The Morgan fingerprint density at radius 3 is 2.83 bits per heavy atom. The van der Waals surface area contributed by atoms with Crippen LogP contribution in [0.5, 0.6) is 0 Å². The van der Waals surface area contributed by atoms with Crippen molar-refractivity contribution in [3.8, 4) is 0 Å². The Labute approximate surface area is 77.7 Å². The largest absolute Gasteiger partial charge is 0.318 e. The summed E-state index contributed by atoms with van der Waals surface area (Å²) in [5.41, 5.74) is 1.03. The number of hydrogen-bond donors (Lipinski definition) is 1. The van der Waals surface area contributed by atoms with Crippen LogP contribution < -0.4 is 5.32 Å². The highest BCUT2D eigenvalue weighted by atomic mass is 35.5. The zero-order valence-corrected chi connectivity index (χ0v) is 8.39. The number of hydrogen-bond acceptors (Lipinski definition) is 2. The fraction of sp³-hybridized carbons (Fsp3) is 0.625. The molecule has 0 saturated carbocycles. The fourth-order valence-electron chi connectivity index (χ4n) is 1.23. The average Bonchev–Trinajstić information content (AvgIpc) is 2.34. The predicted octanol–water partition coefficient (Wildman–Crippen LogP) is 1.63. The molecule has 1 heterocycles. The summed E-state index contributed by atoms with van der Waals surface area (Å²) in [4.78, 5) is 0. The van der Waals surface area contributed by atoms with Crippen molar-refractivity contribution in [1.82, 2.24) is 15.1 Å². The standard InChI is InChI=1S/C8H14ClN3/c1-6(4-10-3)12-7(2)8(9)5-11-12/h5-6,10H,4H2,1-3H3. The van der Waals surface area contributed by atoms with Crippen molar-refractivity contribution < 1.29 is 0 Å². The SMILES string of the molecule is CNCC(C)n1ncc(Cl)c1C. The van der Waals surface area contributed by atoms with Gasteiger partial charge in [-0.3, -0.25) is 4.68 Å². The van der Waals surface area contributed by atoms with Crippen LogP contribution in [0.15, 0.2) is 6.20 Å². The molecular weight excluding hydrogens is 174 g/mol. The van der Waals surface area contributed by atoms with Crippen LogP contribution in [0.4, 0.5) is 0 Å². The van der Waals surface area contributed by atoms with Gasteiger partial charge in [-0.1, -0.05) is 11.6 Å². The number of likely N-dealkylation sites (N-methyl/N-ethyl adjacent to an activating group) is 1. The molecule has 0 radical (unpaired) electrons. The highest BCUT2D eigenvalue weighted by Crippen LogP contribution is 2.16. The zero-order chi connectivity index (χ0) is 9.14. The highest BCUT2D eigenvalue weighted by molar-refractivity contribution is 6.31. The first-order valence-electron chi connectivity index (χ1n) is 4.01. The first-order valence-corrected chi connectivity index (χ1v) is 4.38. The van der Waals surface area contributed by atoms with Crippen LogP contribution in [0.2, 0.25) is 5.02 Å². The molecule has 1 aromatic rings. The van der Waals surface area contributed by atoms with Gasteiger partial charge in [-0.25, -0.2) is 0 Å². The minimum Gasteiger partial charge on any atom is -0.318 e. The van der Waals surface area contributed by atoms with Gasteiger partial charge in [0, 0.05) is 6.54 Å². The molecule has 0 aliphatic carbocycles. The van der Waals surface area contributed by atoms with Crippen LogP contribution in [0.1, 0.15) is 18.7 Å². The van der Waals surface area contributed by atoms with E-state index in [1.54, 1.807) is 6.20 Å². The van der Waals surface area contributed by atoms with Gasteiger partial charge in [-0.05, 0) is 20.9 Å². The van der Waals surface area contributed by atoms with E-state index in [1.165, 1.54) is 0 Å². The summed E-state index contributed by atoms with van der Waals surface area (Å²) < 4.78 is 1.93. The van der Waals surface area contributed by atoms with Crippen molar-refractivity contribution in [2.45, 2.75) is 19.9 Å². The summed E-state index contributed by atoms with van der Waals surface area (Å²) in [5.74, 6) is 0. The Balaban J connectivity index is 2.80. The first-order chi connectivity index (χ1) is 5.66. The summed E-state index contributed by atoms with van der Waals surface area (Å²) in [5, 5.41) is 8.01. The smallest absolute Gasteiger partial charge is 0.0815 e. The van der Waals surface area contributed by atoms with Crippen LogP contribution in [0.3, 0.4) is 0 Å². The van der Waals surface area contributed by atoms with E-state index >= 15 is 0 Å². The van der Waals surface area contributed by atoms with Crippen molar-refractivity contribution in [3.05, 3.63) is 16.9 Å². The van der Waals surface area contributed by atoms with Crippen molar-refractivity contribution in [3.63, 3.8) is 0 Å². The third kappa shape index (κ3) is 1.79. The molecule has 0 aliphatic heterocycles. The second-order valence-corrected chi connectivity index (χ2v) is 3.34. The molecule has 0 aliphatic rings. The van der Waals surface area contributed by atoms with Crippen LogP contribution in [0.25, 0.3) is 0 Å². The second kappa shape index (κ2) is 3.92. The lowest BCUT2D eigenvalue weighted by Crippen LogP contribution is -2.21. The zero-order valence-electron chi connectivity index (χ0n) is 7.63. The first kappa shape index (κ1) is 9.55. The molecule has 3 nitrogen and oxygen atoms in total. The number of halogens is 1. The number of nitrogens with zero attached hydrogens (tertiary/aromatic N) is 2. The molecule has 0 amide bonds. The number of aromatic nitrogens is 2. The molecule has 12 heavy (non-hydrogen) atoms. The van der Waals surface area contributed by atoms with Crippen molar-refractivity contribution in [1.29, 1.82) is 0 Å². The lowest BCUT2D eigenvalue weighted by molar-refractivity contribution is 0.461. The molecule has 0 fully saturated rings. The van der Waals surface area contributed by atoms with Gasteiger partial charge in [-0.15, -0.1) is 0 Å². The fourth-order valence-corrected chi connectivity index (χ4v) is 1.36. The molecule has 68 valence electrons. The third-order valence-corrected chi connectivity index (χ3v) is 2.27. The molecule has 1 atom stereocenters. The second-order valence-electron chi connectivity index (χ2n) is 2.93. The lowest BCUT2D eigenvalue weighted by atomic mass is 10.3. The third-order valence-electron chi connectivity index (χ3n) is 1.90. The van der Waals surface area contributed by atoms with E-state index < -0.39 is 0 Å². The molecule has 4 heteroatoms. The highest BCUT2D eigenvalue weighted by Gasteiger charge is 2.09. The van der Waals surface area contributed by atoms with Crippen molar-refractivity contribution in [2.24, 2.45) is 0 Å². The van der Waals surface area contributed by atoms with E-state index in [1.807, 2.05) is 18.7 Å². The van der Waals surface area contributed by atoms with Crippen molar-refractivity contribution >= 4 is 11.6 Å². The summed E-state index contributed by atoms with van der Waals surface area (Å²) in [6.07, 6.45) is 1.68. The maximum atomic E-state index is 5.87.